The molecule has 0 aromatic rings. The zero-order valence-corrected chi connectivity index (χ0v) is 44.7. The third-order valence-corrected chi connectivity index (χ3v) is 11.3. The standard InChI is InChI=1S/C65H102O5/c1-3-5-7-9-11-13-15-17-19-21-22-23-24-25-26-27-28-29-30-31-32-33-34-35-36-37-38-39-40-41-42-44-46-48-50-52-54-56-58-60-65(68)70-63(61-66)62-69-64(67)59-57-55-53-51-49-47-45-43-20-18-16-14-12-10-8-6-4-2/h5-8,11-14,17-20,22-23,25-26,28-29,31-32,34-35,45,47,51,53,63,66H,3-4,9-10,15-16,21,24,27,30,33,36-44,46,48-50,52,54-62H2,1-2H3/b7-5-,8-6-,13-11-,14-12-,19-17-,20-18-,23-22-,26-25-,29-28-,32-31-,35-34-,47-45-,53-51-. The van der Waals surface area contributed by atoms with Crippen molar-refractivity contribution < 1.29 is 24.2 Å². The molecule has 5 heteroatoms. The van der Waals surface area contributed by atoms with Crippen molar-refractivity contribution in [3.05, 3.63) is 158 Å². The molecule has 0 aliphatic heterocycles. The summed E-state index contributed by atoms with van der Waals surface area (Å²) in [5.41, 5.74) is 0. The Labute approximate surface area is 430 Å². The first kappa shape index (κ1) is 65.5. The predicted molar refractivity (Wildman–Crippen MR) is 306 cm³/mol. The van der Waals surface area contributed by atoms with E-state index in [1.807, 2.05) is 0 Å². The Hall–Kier alpha value is -4.48. The van der Waals surface area contributed by atoms with Crippen LogP contribution in [0.2, 0.25) is 0 Å². The van der Waals surface area contributed by atoms with Gasteiger partial charge in [0.05, 0.1) is 6.61 Å². The van der Waals surface area contributed by atoms with Gasteiger partial charge in [-0.15, -0.1) is 0 Å². The molecule has 0 heterocycles. The van der Waals surface area contributed by atoms with Gasteiger partial charge in [-0.25, -0.2) is 0 Å². The molecule has 0 aliphatic rings. The number of esters is 2. The number of ether oxygens (including phenoxy) is 2. The first-order valence-corrected chi connectivity index (χ1v) is 28.0. The summed E-state index contributed by atoms with van der Waals surface area (Å²) >= 11 is 0. The number of allylic oxidation sites excluding steroid dienone is 26. The molecule has 0 aromatic carbocycles. The van der Waals surface area contributed by atoms with E-state index in [9.17, 15) is 14.7 Å². The highest BCUT2D eigenvalue weighted by atomic mass is 16.6. The third kappa shape index (κ3) is 56.1. The van der Waals surface area contributed by atoms with E-state index >= 15 is 0 Å². The van der Waals surface area contributed by atoms with E-state index in [2.05, 4.69) is 172 Å². The van der Waals surface area contributed by atoms with E-state index in [1.54, 1.807) is 0 Å². The number of rotatable bonds is 49. The van der Waals surface area contributed by atoms with E-state index < -0.39 is 6.10 Å². The van der Waals surface area contributed by atoms with Crippen LogP contribution in [0.25, 0.3) is 0 Å². The van der Waals surface area contributed by atoms with Crippen LogP contribution in [-0.2, 0) is 19.1 Å². The molecule has 0 rings (SSSR count). The Balaban J connectivity index is 3.58. The highest BCUT2D eigenvalue weighted by molar-refractivity contribution is 5.70. The van der Waals surface area contributed by atoms with Crippen LogP contribution in [0.15, 0.2) is 158 Å². The second-order valence-electron chi connectivity index (χ2n) is 17.9. The quantitative estimate of drug-likeness (QED) is 0.0374. The van der Waals surface area contributed by atoms with Gasteiger partial charge in [0.1, 0.15) is 6.61 Å². The Kier molecular flexibility index (Phi) is 55.1. The summed E-state index contributed by atoms with van der Waals surface area (Å²) in [6, 6.07) is 0. The molecule has 392 valence electrons. The fourth-order valence-electron chi connectivity index (χ4n) is 7.19. The van der Waals surface area contributed by atoms with Crippen molar-refractivity contribution in [2.24, 2.45) is 0 Å². The molecule has 0 aromatic heterocycles. The van der Waals surface area contributed by atoms with Gasteiger partial charge in [-0.2, -0.15) is 0 Å². The molecule has 0 saturated heterocycles. The number of carbonyl (C=O) groups is 2. The summed E-state index contributed by atoms with van der Waals surface area (Å²) in [5, 5.41) is 9.63. The lowest BCUT2D eigenvalue weighted by molar-refractivity contribution is -0.161. The lowest BCUT2D eigenvalue weighted by atomic mass is 10.0. The minimum atomic E-state index is -0.806. The average molecular weight is 964 g/mol. The topological polar surface area (TPSA) is 72.8 Å². The van der Waals surface area contributed by atoms with Crippen LogP contribution in [0.4, 0.5) is 0 Å². The normalized spacial score (nSPS) is 13.5. The molecule has 1 atom stereocenters. The van der Waals surface area contributed by atoms with Gasteiger partial charge in [0.25, 0.3) is 0 Å². The van der Waals surface area contributed by atoms with Crippen LogP contribution in [0, 0.1) is 0 Å². The lowest BCUT2D eigenvalue weighted by Gasteiger charge is -2.15. The van der Waals surface area contributed by atoms with Crippen LogP contribution in [0.5, 0.6) is 0 Å². The number of hydrogen-bond acceptors (Lipinski definition) is 5. The van der Waals surface area contributed by atoms with E-state index in [-0.39, 0.29) is 25.2 Å². The predicted octanol–water partition coefficient (Wildman–Crippen LogP) is 19.2. The Morgan fingerprint density at radius 3 is 0.900 bits per heavy atom. The van der Waals surface area contributed by atoms with Crippen LogP contribution < -0.4 is 0 Å². The molecule has 1 N–H and O–H groups in total. The van der Waals surface area contributed by atoms with Crippen molar-refractivity contribution in [3.8, 4) is 0 Å². The third-order valence-electron chi connectivity index (χ3n) is 11.3. The maximum Gasteiger partial charge on any atom is 0.306 e. The van der Waals surface area contributed by atoms with Crippen molar-refractivity contribution in [2.75, 3.05) is 13.2 Å². The van der Waals surface area contributed by atoms with E-state index in [0.717, 1.165) is 109 Å². The second-order valence-corrected chi connectivity index (χ2v) is 17.9. The minimum Gasteiger partial charge on any atom is -0.462 e. The van der Waals surface area contributed by atoms with E-state index in [0.29, 0.717) is 19.3 Å². The highest BCUT2D eigenvalue weighted by Crippen LogP contribution is 2.15. The number of carbonyl (C=O) groups excluding carboxylic acids is 2. The first-order valence-electron chi connectivity index (χ1n) is 28.0. The molecule has 5 nitrogen and oxygen atoms in total. The molecule has 0 radical (unpaired) electrons. The van der Waals surface area contributed by atoms with Crippen molar-refractivity contribution in [2.45, 2.75) is 225 Å². The van der Waals surface area contributed by atoms with Gasteiger partial charge in [0, 0.05) is 12.8 Å². The Morgan fingerprint density at radius 1 is 0.329 bits per heavy atom. The van der Waals surface area contributed by atoms with Crippen molar-refractivity contribution in [1.29, 1.82) is 0 Å². The summed E-state index contributed by atoms with van der Waals surface area (Å²) in [5.74, 6) is -0.668. The maximum atomic E-state index is 12.3. The summed E-state index contributed by atoms with van der Waals surface area (Å²) in [6.45, 7) is 3.85. The van der Waals surface area contributed by atoms with Gasteiger partial charge in [0.2, 0.25) is 0 Å². The molecular weight excluding hydrogens is 861 g/mol. The Bertz CT molecular complexity index is 1560. The zero-order valence-electron chi connectivity index (χ0n) is 44.7. The zero-order chi connectivity index (χ0) is 50.6. The number of hydrogen-bond donors (Lipinski definition) is 1. The average Bonchev–Trinajstić information content (AvgIpc) is 3.36. The molecule has 0 aliphatic carbocycles. The second kappa shape index (κ2) is 58.8. The summed E-state index contributed by atoms with van der Waals surface area (Å²) in [7, 11) is 0. The van der Waals surface area contributed by atoms with Crippen LogP contribution in [-0.4, -0.2) is 36.4 Å². The van der Waals surface area contributed by atoms with Gasteiger partial charge in [-0.05, 0) is 116 Å². The summed E-state index contributed by atoms with van der Waals surface area (Å²) in [6.07, 6.45) is 90.8. The smallest absolute Gasteiger partial charge is 0.306 e. The number of aliphatic hydroxyl groups is 1. The number of aliphatic hydroxyl groups excluding tert-OH is 1. The van der Waals surface area contributed by atoms with Gasteiger partial charge in [0.15, 0.2) is 6.10 Å². The molecule has 0 spiro atoms. The molecule has 0 amide bonds. The van der Waals surface area contributed by atoms with Crippen molar-refractivity contribution in [3.63, 3.8) is 0 Å². The van der Waals surface area contributed by atoms with Crippen molar-refractivity contribution >= 4 is 11.9 Å². The van der Waals surface area contributed by atoms with Gasteiger partial charge in [-0.1, -0.05) is 249 Å². The lowest BCUT2D eigenvalue weighted by Crippen LogP contribution is -2.28. The monoisotopic (exact) mass is 963 g/mol. The van der Waals surface area contributed by atoms with Crippen LogP contribution in [0.1, 0.15) is 219 Å². The molecule has 1 unspecified atom stereocenters. The SMILES string of the molecule is CC/C=C\C/C=C\C/C=C\C/C=C\C/C=C\C/C=C\C/C=C\C/C=C\CCCCCCCCCCCCCCCCC(=O)OC(CO)COC(=O)CCC/C=C\C/C=C\C/C=C\C/C=C\C/C=C\CC. The van der Waals surface area contributed by atoms with Gasteiger partial charge >= 0.3 is 11.9 Å². The molecule has 0 bridgehead atoms. The van der Waals surface area contributed by atoms with Gasteiger partial charge < -0.3 is 14.6 Å². The molecular formula is C65H102O5. The molecule has 0 fully saturated rings. The minimum absolute atomic E-state index is 0.104. The van der Waals surface area contributed by atoms with Gasteiger partial charge in [-0.3, -0.25) is 9.59 Å². The van der Waals surface area contributed by atoms with Crippen LogP contribution >= 0.6 is 0 Å². The van der Waals surface area contributed by atoms with E-state index in [1.165, 1.54) is 77.0 Å². The fraction of sp³-hybridized carbons (Fsp3) is 0.569. The number of unbranched alkanes of at least 4 members (excludes halogenated alkanes) is 15. The fourth-order valence-corrected chi connectivity index (χ4v) is 7.19. The first-order chi connectivity index (χ1) is 34.6. The summed E-state index contributed by atoms with van der Waals surface area (Å²) < 4.78 is 10.6. The maximum absolute atomic E-state index is 12.3. The molecule has 70 heavy (non-hydrogen) atoms. The van der Waals surface area contributed by atoms with Crippen LogP contribution in [0.3, 0.4) is 0 Å². The molecule has 0 saturated carbocycles. The van der Waals surface area contributed by atoms with E-state index in [4.69, 9.17) is 9.47 Å². The van der Waals surface area contributed by atoms with Crippen molar-refractivity contribution in [1.82, 2.24) is 0 Å². The highest BCUT2D eigenvalue weighted by Gasteiger charge is 2.16. The Morgan fingerprint density at radius 2 is 0.586 bits per heavy atom. The summed E-state index contributed by atoms with van der Waals surface area (Å²) in [4.78, 5) is 24.4. The largest absolute Gasteiger partial charge is 0.462 e.